The van der Waals surface area contributed by atoms with E-state index in [0.29, 0.717) is 27.0 Å². The Morgan fingerprint density at radius 2 is 1.55 bits per heavy atom. The average molecular weight is 469 g/mol. The lowest BCUT2D eigenvalue weighted by molar-refractivity contribution is -0.143. The van der Waals surface area contributed by atoms with Crippen molar-refractivity contribution in [2.45, 2.75) is 27.7 Å². The van der Waals surface area contributed by atoms with Crippen molar-refractivity contribution in [1.29, 1.82) is 0 Å². The molecule has 0 fully saturated rings. The molecule has 2 N–H and O–H groups in total. The summed E-state index contributed by atoms with van der Waals surface area (Å²) >= 11 is 7.33. The summed E-state index contributed by atoms with van der Waals surface area (Å²) in [4.78, 5) is 11.1. The van der Waals surface area contributed by atoms with E-state index in [9.17, 15) is 26.3 Å². The van der Waals surface area contributed by atoms with Crippen LogP contribution in [0.4, 0.5) is 26.3 Å². The summed E-state index contributed by atoms with van der Waals surface area (Å²) in [5.74, 6) is -0.240. The number of alkyl halides is 6. The molecule has 0 atom stereocenters. The Balaban J connectivity index is 1.98. The summed E-state index contributed by atoms with van der Waals surface area (Å²) in [6.45, 7) is 0. The molecule has 29 heavy (non-hydrogen) atoms. The Morgan fingerprint density at radius 1 is 0.931 bits per heavy atom. The van der Waals surface area contributed by atoms with E-state index < -0.39 is 29.0 Å². The number of hydrogen-bond acceptors (Lipinski definition) is 6. The van der Waals surface area contributed by atoms with E-state index in [1.165, 1.54) is 17.8 Å². The zero-order valence-corrected chi connectivity index (χ0v) is 16.6. The second-order valence-corrected chi connectivity index (χ2v) is 7.68. The van der Waals surface area contributed by atoms with Gasteiger partial charge in [-0.2, -0.15) is 26.3 Å². The zero-order chi connectivity index (χ0) is 21.4. The Labute approximate surface area is 172 Å². The molecule has 0 aliphatic carbocycles. The van der Waals surface area contributed by atoms with Gasteiger partial charge >= 0.3 is 12.4 Å². The number of benzene rings is 1. The molecular formula is C15H9F6N5S3. The maximum Gasteiger partial charge on any atom is 0.416 e. The van der Waals surface area contributed by atoms with Gasteiger partial charge in [0, 0.05) is 11.6 Å². The van der Waals surface area contributed by atoms with Crippen molar-refractivity contribution in [3.05, 3.63) is 40.0 Å². The predicted molar refractivity (Wildman–Crippen MR) is 97.1 cm³/mol. The number of nitrogens with zero attached hydrogens (tertiary/aromatic N) is 3. The first kappa shape index (κ1) is 21.6. The molecule has 0 saturated heterocycles. The topological polar surface area (TPSA) is 70.2 Å². The van der Waals surface area contributed by atoms with Crippen molar-refractivity contribution < 1.29 is 26.3 Å². The van der Waals surface area contributed by atoms with Crippen molar-refractivity contribution in [3.63, 3.8) is 0 Å². The third-order valence-corrected chi connectivity index (χ3v) is 5.00. The fraction of sp³-hybridized carbons (Fsp3) is 0.200. The SMILES string of the molecule is CSc1nc(Sc2n[nH]c(-c3cc(C(F)(F)F)cc(C(F)(F)F)c3)n2)cc(=S)[nH]1. The molecule has 1 aromatic carbocycles. The van der Waals surface area contributed by atoms with Crippen molar-refractivity contribution in [3.8, 4) is 11.4 Å². The highest BCUT2D eigenvalue weighted by atomic mass is 32.2. The predicted octanol–water partition coefficient (Wildman–Crippen LogP) is 5.83. The maximum atomic E-state index is 13.0. The lowest BCUT2D eigenvalue weighted by Crippen LogP contribution is -2.11. The van der Waals surface area contributed by atoms with Crippen molar-refractivity contribution in [2.24, 2.45) is 0 Å². The molecule has 14 heteroatoms. The van der Waals surface area contributed by atoms with E-state index in [1.807, 2.05) is 0 Å². The van der Waals surface area contributed by atoms with Crippen LogP contribution in [0, 0.1) is 4.64 Å². The first-order chi connectivity index (χ1) is 13.5. The molecular weight excluding hydrogens is 460 g/mol. The molecule has 0 unspecified atom stereocenters. The number of hydrogen-bond donors (Lipinski definition) is 2. The maximum absolute atomic E-state index is 13.0. The van der Waals surface area contributed by atoms with Gasteiger partial charge < -0.3 is 4.98 Å². The molecule has 154 valence electrons. The number of nitrogens with one attached hydrogen (secondary N) is 2. The van der Waals surface area contributed by atoms with Gasteiger partial charge in [-0.05, 0) is 36.2 Å². The number of rotatable bonds is 4. The molecule has 0 aliphatic rings. The molecule has 0 amide bonds. The van der Waals surface area contributed by atoms with Crippen LogP contribution in [-0.2, 0) is 12.4 Å². The Morgan fingerprint density at radius 3 is 2.10 bits per heavy atom. The summed E-state index contributed by atoms with van der Waals surface area (Å²) in [5.41, 5.74) is -3.27. The molecule has 0 spiro atoms. The normalized spacial score (nSPS) is 12.4. The zero-order valence-electron chi connectivity index (χ0n) is 14.1. The quantitative estimate of drug-likeness (QED) is 0.165. The van der Waals surface area contributed by atoms with E-state index in [2.05, 4.69) is 25.1 Å². The van der Waals surface area contributed by atoms with Gasteiger partial charge in [0.1, 0.15) is 9.67 Å². The van der Waals surface area contributed by atoms with Gasteiger partial charge in [0.25, 0.3) is 0 Å². The van der Waals surface area contributed by atoms with Gasteiger partial charge in [-0.1, -0.05) is 24.0 Å². The van der Waals surface area contributed by atoms with Crippen LogP contribution in [0.1, 0.15) is 11.1 Å². The van der Waals surface area contributed by atoms with Crippen LogP contribution in [0.3, 0.4) is 0 Å². The van der Waals surface area contributed by atoms with Gasteiger partial charge in [-0.15, -0.1) is 5.10 Å². The van der Waals surface area contributed by atoms with E-state index in [1.54, 1.807) is 6.26 Å². The van der Waals surface area contributed by atoms with Crippen LogP contribution >= 0.6 is 35.7 Å². The Kier molecular flexibility index (Phi) is 5.96. The first-order valence-electron chi connectivity index (χ1n) is 7.51. The van der Waals surface area contributed by atoms with Crippen LogP contribution in [0.25, 0.3) is 11.4 Å². The van der Waals surface area contributed by atoms with Crippen molar-refractivity contribution in [2.75, 3.05) is 6.26 Å². The highest BCUT2D eigenvalue weighted by Gasteiger charge is 2.37. The number of aromatic amines is 2. The molecule has 3 rings (SSSR count). The Bertz CT molecular complexity index is 1060. The van der Waals surface area contributed by atoms with E-state index in [-0.39, 0.29) is 17.0 Å². The van der Waals surface area contributed by atoms with Crippen molar-refractivity contribution in [1.82, 2.24) is 25.1 Å². The van der Waals surface area contributed by atoms with Gasteiger partial charge in [0.15, 0.2) is 11.0 Å². The summed E-state index contributed by atoms with van der Waals surface area (Å²) in [6.07, 6.45) is -8.13. The van der Waals surface area contributed by atoms with Crippen LogP contribution < -0.4 is 0 Å². The molecule has 2 heterocycles. The van der Waals surface area contributed by atoms with Crippen LogP contribution in [0.5, 0.6) is 0 Å². The lowest BCUT2D eigenvalue weighted by atomic mass is 10.0. The highest BCUT2D eigenvalue weighted by Crippen LogP contribution is 2.38. The van der Waals surface area contributed by atoms with E-state index in [4.69, 9.17) is 12.2 Å². The van der Waals surface area contributed by atoms with Gasteiger partial charge in [-0.25, -0.2) is 9.97 Å². The molecule has 0 saturated carbocycles. The van der Waals surface area contributed by atoms with Crippen molar-refractivity contribution >= 4 is 35.7 Å². The Hall–Kier alpha value is -2.06. The molecule has 0 bridgehead atoms. The second kappa shape index (κ2) is 7.99. The lowest BCUT2D eigenvalue weighted by Gasteiger charge is -2.13. The summed E-state index contributed by atoms with van der Waals surface area (Å²) in [6, 6.07) is 2.73. The minimum atomic E-state index is -4.95. The fourth-order valence-electron chi connectivity index (χ4n) is 2.17. The monoisotopic (exact) mass is 469 g/mol. The second-order valence-electron chi connectivity index (χ2n) is 5.46. The van der Waals surface area contributed by atoms with Gasteiger partial charge in [-0.3, -0.25) is 5.10 Å². The van der Waals surface area contributed by atoms with Crippen LogP contribution in [0.15, 0.2) is 39.6 Å². The largest absolute Gasteiger partial charge is 0.416 e. The van der Waals surface area contributed by atoms with Crippen LogP contribution in [0.2, 0.25) is 0 Å². The molecule has 2 aromatic heterocycles. The number of halogens is 6. The highest BCUT2D eigenvalue weighted by molar-refractivity contribution is 7.99. The smallest absolute Gasteiger partial charge is 0.326 e. The van der Waals surface area contributed by atoms with E-state index in [0.717, 1.165) is 11.8 Å². The third-order valence-electron chi connectivity index (χ3n) is 3.41. The average Bonchev–Trinajstić information content (AvgIpc) is 3.07. The summed E-state index contributed by atoms with van der Waals surface area (Å²) < 4.78 is 78.5. The third kappa shape index (κ3) is 5.30. The first-order valence-corrected chi connectivity index (χ1v) is 9.96. The van der Waals surface area contributed by atoms with Gasteiger partial charge in [0.05, 0.1) is 11.1 Å². The minimum Gasteiger partial charge on any atom is -0.326 e. The summed E-state index contributed by atoms with van der Waals surface area (Å²) in [5, 5.41) is 7.20. The minimum absolute atomic E-state index is 0.0506. The number of H-pyrrole nitrogens is 2. The number of aromatic nitrogens is 5. The van der Waals surface area contributed by atoms with Crippen LogP contribution in [-0.4, -0.2) is 31.4 Å². The van der Waals surface area contributed by atoms with Gasteiger partial charge in [0.2, 0.25) is 5.16 Å². The number of thioether (sulfide) groups is 1. The standard InChI is InChI=1S/C15H9F6N5S3/c1-28-12-22-9(27)5-10(23-12)29-13-24-11(25-26-13)6-2-7(14(16,17)18)4-8(3-6)15(19,20)21/h2-5H,1H3,(H,22,23,27)(H,24,25,26). The molecule has 0 aliphatic heterocycles. The summed E-state index contributed by atoms with van der Waals surface area (Å²) in [7, 11) is 0. The fourth-order valence-corrected chi connectivity index (χ4v) is 3.71. The molecule has 5 nitrogen and oxygen atoms in total. The molecule has 0 radical (unpaired) electrons. The van der Waals surface area contributed by atoms with E-state index >= 15 is 0 Å². The molecule has 3 aromatic rings.